The number of rotatable bonds is 4. The molecule has 1 aromatic heterocycles. The number of thiophene rings is 1. The fourth-order valence-corrected chi connectivity index (χ4v) is 2.89. The summed E-state index contributed by atoms with van der Waals surface area (Å²) in [6.45, 7) is 4.22. The van der Waals surface area contributed by atoms with E-state index in [0.717, 1.165) is 14.2 Å². The monoisotopic (exact) mass is 291 g/mol. The van der Waals surface area contributed by atoms with E-state index in [1.165, 1.54) is 0 Å². The molecular formula is C10H14BrNO2S. The number of halogens is 1. The summed E-state index contributed by atoms with van der Waals surface area (Å²) < 4.78 is 6.02. The zero-order valence-corrected chi connectivity index (χ0v) is 11.4. The largest absolute Gasteiger partial charge is 0.465 e. The van der Waals surface area contributed by atoms with Gasteiger partial charge in [-0.15, -0.1) is 11.3 Å². The van der Waals surface area contributed by atoms with Crippen molar-refractivity contribution in [3.8, 4) is 0 Å². The number of nitrogens with one attached hydrogen (secondary N) is 1. The minimum Gasteiger partial charge on any atom is -0.465 e. The predicted octanol–water partition coefficient (Wildman–Crippen LogP) is 2.64. The Labute approximate surface area is 102 Å². The van der Waals surface area contributed by atoms with Crippen LogP contribution in [-0.4, -0.2) is 19.6 Å². The number of carbonyl (C=O) groups is 1. The van der Waals surface area contributed by atoms with Crippen LogP contribution in [0.2, 0.25) is 0 Å². The first-order chi connectivity index (χ1) is 7.10. The first-order valence-corrected chi connectivity index (χ1v) is 6.30. The Morgan fingerprint density at radius 1 is 1.73 bits per heavy atom. The summed E-state index contributed by atoms with van der Waals surface area (Å²) in [6.07, 6.45) is 0. The second-order valence-corrected chi connectivity index (χ2v) is 5.17. The number of carbonyl (C=O) groups excluding carboxylic acids is 1. The molecule has 1 atom stereocenters. The van der Waals surface area contributed by atoms with Gasteiger partial charge in [-0.05, 0) is 42.9 Å². The fraction of sp³-hybridized carbons (Fsp3) is 0.500. The normalized spacial score (nSPS) is 12.5. The predicted molar refractivity (Wildman–Crippen MR) is 65.2 cm³/mol. The van der Waals surface area contributed by atoms with Crippen LogP contribution in [0.4, 0.5) is 0 Å². The number of esters is 1. The minimum atomic E-state index is -0.361. The molecule has 0 aromatic carbocycles. The summed E-state index contributed by atoms with van der Waals surface area (Å²) in [4.78, 5) is 13.7. The van der Waals surface area contributed by atoms with Crippen molar-refractivity contribution in [1.82, 2.24) is 5.32 Å². The molecular weight excluding hydrogens is 278 g/mol. The van der Waals surface area contributed by atoms with Gasteiger partial charge in [-0.1, -0.05) is 0 Å². The van der Waals surface area contributed by atoms with Crippen LogP contribution >= 0.6 is 27.3 Å². The average molecular weight is 292 g/mol. The van der Waals surface area contributed by atoms with Crippen molar-refractivity contribution in [2.45, 2.75) is 19.9 Å². The second-order valence-electron chi connectivity index (χ2n) is 3.03. The summed E-state index contributed by atoms with van der Waals surface area (Å²) in [5, 5.41) is 2.96. The molecule has 1 N–H and O–H groups in total. The lowest BCUT2D eigenvalue weighted by molar-refractivity contribution is -0.145. The van der Waals surface area contributed by atoms with E-state index in [0.29, 0.717) is 6.61 Å². The smallest absolute Gasteiger partial charge is 0.328 e. The van der Waals surface area contributed by atoms with Crippen molar-refractivity contribution < 1.29 is 9.53 Å². The molecule has 1 aromatic rings. The van der Waals surface area contributed by atoms with Crippen molar-refractivity contribution in [2.24, 2.45) is 0 Å². The molecule has 0 aliphatic heterocycles. The van der Waals surface area contributed by atoms with Crippen LogP contribution in [0.5, 0.6) is 0 Å². The molecule has 0 aliphatic rings. The number of hydrogen-bond acceptors (Lipinski definition) is 4. The maximum absolute atomic E-state index is 11.6. The Bertz CT molecular complexity index is 332. The summed E-state index contributed by atoms with van der Waals surface area (Å²) in [5.41, 5.74) is 0. The molecule has 0 amide bonds. The average Bonchev–Trinajstić information content (AvgIpc) is 2.48. The SMILES string of the molecule is CCOC(=O)C(NC)c1cc(Br)c(C)s1. The van der Waals surface area contributed by atoms with Crippen LogP contribution in [0.25, 0.3) is 0 Å². The van der Waals surface area contributed by atoms with Crippen molar-refractivity contribution in [2.75, 3.05) is 13.7 Å². The van der Waals surface area contributed by atoms with Gasteiger partial charge in [-0.2, -0.15) is 0 Å². The van der Waals surface area contributed by atoms with E-state index in [4.69, 9.17) is 4.74 Å². The fourth-order valence-electron chi connectivity index (χ4n) is 1.23. The zero-order chi connectivity index (χ0) is 11.4. The maximum atomic E-state index is 11.6. The molecule has 0 radical (unpaired) electrons. The van der Waals surface area contributed by atoms with Crippen LogP contribution < -0.4 is 5.32 Å². The van der Waals surface area contributed by atoms with Crippen molar-refractivity contribution >= 4 is 33.2 Å². The van der Waals surface area contributed by atoms with Crippen molar-refractivity contribution in [1.29, 1.82) is 0 Å². The zero-order valence-electron chi connectivity index (χ0n) is 8.96. The molecule has 0 saturated heterocycles. The number of hydrogen-bond donors (Lipinski definition) is 1. The summed E-state index contributed by atoms with van der Waals surface area (Å²) >= 11 is 5.02. The van der Waals surface area contributed by atoms with Crippen molar-refractivity contribution in [3.63, 3.8) is 0 Å². The third kappa shape index (κ3) is 3.03. The number of ether oxygens (including phenoxy) is 1. The van der Waals surface area contributed by atoms with Gasteiger partial charge < -0.3 is 10.1 Å². The van der Waals surface area contributed by atoms with Gasteiger partial charge in [0.15, 0.2) is 0 Å². The molecule has 3 nitrogen and oxygen atoms in total. The molecule has 0 saturated carbocycles. The van der Waals surface area contributed by atoms with Gasteiger partial charge in [0.2, 0.25) is 0 Å². The Hall–Kier alpha value is -0.390. The Balaban J connectivity index is 2.87. The first-order valence-electron chi connectivity index (χ1n) is 4.69. The van der Waals surface area contributed by atoms with Gasteiger partial charge >= 0.3 is 5.97 Å². The van der Waals surface area contributed by atoms with Crippen LogP contribution in [0.15, 0.2) is 10.5 Å². The Kier molecular flexibility index (Phi) is 4.76. The quantitative estimate of drug-likeness (QED) is 0.867. The molecule has 1 rings (SSSR count). The van der Waals surface area contributed by atoms with E-state index >= 15 is 0 Å². The van der Waals surface area contributed by atoms with Gasteiger partial charge in [0.1, 0.15) is 6.04 Å². The minimum absolute atomic E-state index is 0.228. The highest BCUT2D eigenvalue weighted by Crippen LogP contribution is 2.30. The number of aryl methyl sites for hydroxylation is 1. The Morgan fingerprint density at radius 2 is 2.40 bits per heavy atom. The molecule has 84 valence electrons. The van der Waals surface area contributed by atoms with Gasteiger partial charge in [-0.25, -0.2) is 4.79 Å². The van der Waals surface area contributed by atoms with Crippen LogP contribution in [0.1, 0.15) is 22.7 Å². The summed E-state index contributed by atoms with van der Waals surface area (Å²) in [7, 11) is 1.75. The first kappa shape index (κ1) is 12.7. The highest BCUT2D eigenvalue weighted by Gasteiger charge is 2.22. The van der Waals surface area contributed by atoms with E-state index in [9.17, 15) is 4.79 Å². The Morgan fingerprint density at radius 3 is 2.80 bits per heavy atom. The number of likely N-dealkylation sites (N-methyl/N-ethyl adjacent to an activating group) is 1. The van der Waals surface area contributed by atoms with Gasteiger partial charge in [0.05, 0.1) is 6.61 Å². The molecule has 0 spiro atoms. The van der Waals surface area contributed by atoms with E-state index < -0.39 is 0 Å². The lowest BCUT2D eigenvalue weighted by Gasteiger charge is -2.12. The van der Waals surface area contributed by atoms with Gasteiger partial charge in [0.25, 0.3) is 0 Å². The van der Waals surface area contributed by atoms with E-state index in [1.807, 2.05) is 13.0 Å². The third-order valence-electron chi connectivity index (χ3n) is 1.97. The summed E-state index contributed by atoms with van der Waals surface area (Å²) in [5.74, 6) is -0.228. The molecule has 5 heteroatoms. The molecule has 15 heavy (non-hydrogen) atoms. The highest BCUT2D eigenvalue weighted by atomic mass is 79.9. The maximum Gasteiger partial charge on any atom is 0.328 e. The topological polar surface area (TPSA) is 38.3 Å². The van der Waals surface area contributed by atoms with E-state index in [1.54, 1.807) is 25.3 Å². The van der Waals surface area contributed by atoms with Crippen LogP contribution in [0.3, 0.4) is 0 Å². The van der Waals surface area contributed by atoms with Crippen LogP contribution in [-0.2, 0) is 9.53 Å². The van der Waals surface area contributed by atoms with Crippen molar-refractivity contribution in [3.05, 3.63) is 20.3 Å². The van der Waals surface area contributed by atoms with E-state index in [-0.39, 0.29) is 12.0 Å². The second kappa shape index (κ2) is 5.63. The summed E-state index contributed by atoms with van der Waals surface area (Å²) in [6, 6.07) is 1.60. The third-order valence-corrected chi connectivity index (χ3v) is 4.17. The molecule has 0 fully saturated rings. The lowest BCUT2D eigenvalue weighted by atomic mass is 10.2. The lowest BCUT2D eigenvalue weighted by Crippen LogP contribution is -2.26. The van der Waals surface area contributed by atoms with Gasteiger partial charge in [-0.3, -0.25) is 0 Å². The molecule has 1 heterocycles. The van der Waals surface area contributed by atoms with Crippen LogP contribution in [0, 0.1) is 6.92 Å². The van der Waals surface area contributed by atoms with E-state index in [2.05, 4.69) is 21.2 Å². The molecule has 0 aliphatic carbocycles. The highest BCUT2D eigenvalue weighted by molar-refractivity contribution is 9.10. The molecule has 1 unspecified atom stereocenters. The van der Waals surface area contributed by atoms with Gasteiger partial charge in [0, 0.05) is 14.2 Å². The molecule has 0 bridgehead atoms. The standard InChI is InChI=1S/C10H14BrNO2S/c1-4-14-10(13)9(12-3)8-5-7(11)6(2)15-8/h5,9,12H,4H2,1-3H3.